The number of nitrogens with zero attached hydrogens (tertiary/aromatic N) is 4. The smallest absolute Gasteiger partial charge is 0.455 e. The maximum Gasteiger partial charge on any atom is 0.490 e. The van der Waals surface area contributed by atoms with Gasteiger partial charge in [0.25, 0.3) is 11.8 Å². The summed E-state index contributed by atoms with van der Waals surface area (Å²) in [6.07, 6.45) is 8.80. The van der Waals surface area contributed by atoms with Gasteiger partial charge in [-0.1, -0.05) is 84.9 Å². The van der Waals surface area contributed by atoms with Crippen LogP contribution in [0.2, 0.25) is 0 Å². The number of hydrogen-bond donors (Lipinski definition) is 6. The lowest BCUT2D eigenvalue weighted by molar-refractivity contribution is 0.0956. The average Bonchev–Trinajstić information content (AvgIpc) is 1.59. The number of hydrogen-bond acceptors (Lipinski definition) is 12. The van der Waals surface area contributed by atoms with E-state index in [1.165, 1.54) is 91.5 Å². The topological polar surface area (TPSA) is 257 Å². The molecule has 492 valence electrons. The molecule has 18 nitrogen and oxygen atoms in total. The Bertz CT molecular complexity index is 5600. The second-order valence-corrected chi connectivity index (χ2v) is 27.6. The summed E-state index contributed by atoms with van der Waals surface area (Å²) in [5.41, 5.74) is 13.3. The predicted molar refractivity (Wildman–Crippen MR) is 387 cm³/mol. The molecule has 0 atom stereocenters. The van der Waals surface area contributed by atoms with Crippen molar-refractivity contribution in [2.75, 3.05) is 49.3 Å². The zero-order valence-electron chi connectivity index (χ0n) is 53.3. The molecule has 0 aliphatic carbocycles. The molecule has 0 saturated heterocycles. The predicted octanol–water partition coefficient (Wildman–Crippen LogP) is 14.2. The molecule has 14 rings (SSSR count). The third-order valence-electron chi connectivity index (χ3n) is 16.6. The Morgan fingerprint density at radius 3 is 1.36 bits per heavy atom. The fourth-order valence-electron chi connectivity index (χ4n) is 11.6. The maximum atomic E-state index is 13.8. The van der Waals surface area contributed by atoms with Crippen molar-refractivity contribution in [1.82, 2.24) is 30.6 Å². The number of anilines is 2. The van der Waals surface area contributed by atoms with Gasteiger partial charge in [0.05, 0.1) is 50.9 Å². The van der Waals surface area contributed by atoms with Crippen LogP contribution in [0.3, 0.4) is 0 Å². The number of rotatable bonds is 14. The molecule has 0 unspecified atom stereocenters. The number of carbonyl (C=O) groups is 2. The summed E-state index contributed by atoms with van der Waals surface area (Å²) in [6, 6.07) is 56.8. The maximum absolute atomic E-state index is 13.8. The number of aromatic nitrogens is 4. The van der Waals surface area contributed by atoms with Gasteiger partial charge in [0.1, 0.15) is 34.3 Å². The molecule has 0 aliphatic heterocycles. The second kappa shape index (κ2) is 27.6. The minimum atomic E-state index is -3.70. The number of carbonyl (C=O) groups excluding carboxylic acids is 2. The van der Waals surface area contributed by atoms with Crippen molar-refractivity contribution in [1.29, 1.82) is 0 Å². The van der Waals surface area contributed by atoms with Crippen molar-refractivity contribution >= 4 is 115 Å². The van der Waals surface area contributed by atoms with Crippen molar-refractivity contribution in [2.24, 2.45) is 0 Å². The highest BCUT2D eigenvalue weighted by molar-refractivity contribution is 9.10. The Balaban J connectivity index is 0.000000166. The van der Waals surface area contributed by atoms with Crippen LogP contribution < -0.4 is 24.7 Å². The van der Waals surface area contributed by atoms with Gasteiger partial charge in [0.2, 0.25) is 20.0 Å². The SMILES string of the molecule is CNC(=O)c1c(-c2ccc(F)cc2)oc2cc(N(C)S(C)(=O)=O)c(-c3cccc(-c4[nH]c5ccccc5c4-c4cccnc4)c3)cc12.CNC(=O)c1c(-c2ccc(F)cc2)oc2cc(N(C)S(C)(=O)=O)c(-c3cccc(-c4[nH]c5ccccc5c4Br)c3)cc12.OB(O)c1cccnc1. The normalized spacial score (nSPS) is 11.5. The van der Waals surface area contributed by atoms with E-state index >= 15 is 0 Å². The number of fused-ring (bicyclic) bond motifs is 4. The van der Waals surface area contributed by atoms with E-state index in [1.807, 2.05) is 109 Å². The van der Waals surface area contributed by atoms with Crippen LogP contribution in [-0.4, -0.2) is 106 Å². The largest absolute Gasteiger partial charge is 0.490 e. The van der Waals surface area contributed by atoms with E-state index in [2.05, 4.69) is 52.6 Å². The van der Waals surface area contributed by atoms with Gasteiger partial charge in [-0.15, -0.1) is 0 Å². The highest BCUT2D eigenvalue weighted by atomic mass is 79.9. The van der Waals surface area contributed by atoms with Crippen LogP contribution in [0.15, 0.2) is 232 Å². The Hall–Kier alpha value is -11.0. The molecule has 0 aliphatic rings. The third kappa shape index (κ3) is 13.5. The molecular formula is C74H60BBrF2N8O10S2. The standard InChI is InChI=1S/C37H29FN4O4S.C32H25BrFN3O4S.C5H6BNO2/c1-39-37(43)34-29-19-28(31(42(2)47(3,44)45)20-32(29)46-36(34)22-13-15-26(38)16-14-22)23-8-6-9-24(18-23)35-33(25-10-7-17-40-21-25)27-11-4-5-12-30(27)41-35;1-35-32(38)28-24-16-23(19-7-6-8-20(15-19)30-29(33)22-9-4-5-10-25(22)36-30)26(37(2)42(3,39)40)17-27(24)41-31(28)18-11-13-21(34)14-12-18;8-6(9)5-2-1-3-7-4-5/h4-21,41H,1-3H3,(H,39,43);4-17,36H,1-3H3,(H,35,38);1-4,8-9H. The summed E-state index contributed by atoms with van der Waals surface area (Å²) in [5.74, 6) is -1.13. The Morgan fingerprint density at radius 1 is 0.500 bits per heavy atom. The second-order valence-electron chi connectivity index (χ2n) is 22.8. The lowest BCUT2D eigenvalue weighted by atomic mass is 9.82. The number of para-hydroxylation sites is 2. The number of pyridine rings is 2. The molecule has 6 heterocycles. The number of H-pyrrole nitrogens is 2. The van der Waals surface area contributed by atoms with E-state index in [0.29, 0.717) is 61.0 Å². The van der Waals surface area contributed by atoms with Crippen LogP contribution in [0.5, 0.6) is 0 Å². The number of aromatic amines is 2. The number of sulfonamides is 2. The Kier molecular flexibility index (Phi) is 18.9. The summed E-state index contributed by atoms with van der Waals surface area (Å²) < 4.78 is 94.5. The zero-order valence-corrected chi connectivity index (χ0v) is 56.5. The third-order valence-corrected chi connectivity index (χ3v) is 19.8. The molecule has 0 radical (unpaired) electrons. The van der Waals surface area contributed by atoms with Crippen molar-refractivity contribution in [2.45, 2.75) is 0 Å². The average molecular weight is 1410 g/mol. The summed E-state index contributed by atoms with van der Waals surface area (Å²) in [6.45, 7) is 0. The van der Waals surface area contributed by atoms with E-state index in [1.54, 1.807) is 48.8 Å². The summed E-state index contributed by atoms with van der Waals surface area (Å²) in [5, 5.41) is 25.5. The molecule has 6 aromatic heterocycles. The molecule has 24 heteroatoms. The Morgan fingerprint density at radius 2 is 0.929 bits per heavy atom. The number of benzene rings is 8. The lowest BCUT2D eigenvalue weighted by Gasteiger charge is -2.21. The first kappa shape index (κ1) is 67.0. The number of nitrogens with one attached hydrogen (secondary N) is 4. The number of amides is 2. The van der Waals surface area contributed by atoms with Gasteiger partial charge in [-0.25, -0.2) is 25.6 Å². The van der Waals surface area contributed by atoms with Crippen molar-refractivity contribution in [3.8, 4) is 78.5 Å². The molecular weight excluding hydrogens is 1350 g/mol. The van der Waals surface area contributed by atoms with Crippen molar-refractivity contribution in [3.63, 3.8) is 0 Å². The molecule has 8 aromatic carbocycles. The molecule has 2 amide bonds. The molecule has 0 saturated carbocycles. The monoisotopic (exact) mass is 1410 g/mol. The van der Waals surface area contributed by atoms with Crippen LogP contribution in [0.25, 0.3) is 122 Å². The summed E-state index contributed by atoms with van der Waals surface area (Å²) in [7, 11) is -2.78. The van der Waals surface area contributed by atoms with Gasteiger partial charge >= 0.3 is 7.12 Å². The minimum Gasteiger partial charge on any atom is -0.455 e. The number of halogens is 3. The van der Waals surface area contributed by atoms with Crippen LogP contribution in [-0.2, 0) is 20.0 Å². The summed E-state index contributed by atoms with van der Waals surface area (Å²) >= 11 is 3.73. The molecule has 14 aromatic rings. The highest BCUT2D eigenvalue weighted by Crippen LogP contribution is 2.46. The van der Waals surface area contributed by atoms with E-state index in [0.717, 1.165) is 83.6 Å². The fourth-order valence-corrected chi connectivity index (χ4v) is 13.3. The molecule has 98 heavy (non-hydrogen) atoms. The molecule has 0 spiro atoms. The van der Waals surface area contributed by atoms with E-state index in [4.69, 9.17) is 18.9 Å². The van der Waals surface area contributed by atoms with Gasteiger partial charge in [0.15, 0.2) is 0 Å². The van der Waals surface area contributed by atoms with Gasteiger partial charge in [-0.3, -0.25) is 28.2 Å². The fraction of sp³-hybridized carbons (Fsp3) is 0.0811. The van der Waals surface area contributed by atoms with Crippen LogP contribution in [0.1, 0.15) is 20.7 Å². The summed E-state index contributed by atoms with van der Waals surface area (Å²) in [4.78, 5) is 41.6. The first-order chi connectivity index (χ1) is 47.0. The number of furan rings is 2. The van der Waals surface area contributed by atoms with Crippen LogP contribution in [0.4, 0.5) is 20.2 Å². The van der Waals surface area contributed by atoms with Crippen molar-refractivity contribution < 1.29 is 54.1 Å². The van der Waals surface area contributed by atoms with Gasteiger partial charge in [0, 0.05) is 137 Å². The van der Waals surface area contributed by atoms with Crippen molar-refractivity contribution in [3.05, 3.63) is 246 Å². The van der Waals surface area contributed by atoms with Gasteiger partial charge in [-0.2, -0.15) is 0 Å². The highest BCUT2D eigenvalue weighted by Gasteiger charge is 2.29. The molecule has 0 fully saturated rings. The van der Waals surface area contributed by atoms with Gasteiger partial charge in [-0.05, 0) is 135 Å². The van der Waals surface area contributed by atoms with Crippen LogP contribution in [0, 0.1) is 11.6 Å². The van der Waals surface area contributed by atoms with Crippen LogP contribution >= 0.6 is 15.9 Å². The quantitative estimate of drug-likeness (QED) is 0.0556. The van der Waals surface area contributed by atoms with E-state index in [9.17, 15) is 35.2 Å². The molecule has 0 bridgehead atoms. The Labute approximate surface area is 570 Å². The van der Waals surface area contributed by atoms with E-state index in [-0.39, 0.29) is 28.6 Å². The first-order valence-corrected chi connectivity index (χ1v) is 34.8. The first-order valence-electron chi connectivity index (χ1n) is 30.3. The minimum absolute atomic E-state index is 0.248. The van der Waals surface area contributed by atoms with E-state index < -0.39 is 44.7 Å². The zero-order chi connectivity index (χ0) is 69.3. The van der Waals surface area contributed by atoms with Gasteiger partial charge < -0.3 is 39.5 Å². The molecule has 6 N–H and O–H groups in total. The lowest BCUT2D eigenvalue weighted by Crippen LogP contribution is -2.29.